The third kappa shape index (κ3) is 2.42. The number of nitro groups is 1. The third-order valence-electron chi connectivity index (χ3n) is 3.39. The molecule has 0 saturated heterocycles. The van der Waals surface area contributed by atoms with Gasteiger partial charge in [-0.15, -0.1) is 0 Å². The van der Waals surface area contributed by atoms with Crippen LogP contribution >= 0.6 is 15.9 Å². The number of hydrogen-bond acceptors (Lipinski definition) is 4. The van der Waals surface area contributed by atoms with Crippen LogP contribution in [0, 0.1) is 10.1 Å². The molecule has 5 nitrogen and oxygen atoms in total. The van der Waals surface area contributed by atoms with Crippen molar-refractivity contribution in [1.82, 2.24) is 0 Å². The fourth-order valence-corrected chi connectivity index (χ4v) is 3.19. The van der Waals surface area contributed by atoms with Crippen molar-refractivity contribution in [3.05, 3.63) is 75.3 Å². The first-order valence-corrected chi connectivity index (χ1v) is 7.18. The van der Waals surface area contributed by atoms with E-state index in [1.807, 2.05) is 12.1 Å². The number of cyclic esters (lactones) is 1. The zero-order valence-electron chi connectivity index (χ0n) is 10.7. The predicted octanol–water partition coefficient (Wildman–Crippen LogP) is 3.94. The summed E-state index contributed by atoms with van der Waals surface area (Å²) in [6, 6.07) is 13.3. The first-order valence-electron chi connectivity index (χ1n) is 6.26. The number of carbonyl (C=O) groups excluding carboxylic acids is 1. The largest absolute Gasteiger partial charge is 0.452 e. The number of fused-ring (bicyclic) bond motifs is 1. The number of esters is 1. The van der Waals surface area contributed by atoms with Crippen molar-refractivity contribution in [3.8, 4) is 0 Å². The summed E-state index contributed by atoms with van der Waals surface area (Å²) in [6.45, 7) is 0. The Morgan fingerprint density at radius 3 is 2.67 bits per heavy atom. The van der Waals surface area contributed by atoms with Crippen LogP contribution in [0.5, 0.6) is 0 Å². The van der Waals surface area contributed by atoms with E-state index in [0.29, 0.717) is 11.1 Å². The van der Waals surface area contributed by atoms with Crippen LogP contribution in [0.15, 0.2) is 48.5 Å². The molecule has 106 valence electrons. The molecule has 0 amide bonds. The van der Waals surface area contributed by atoms with Gasteiger partial charge >= 0.3 is 5.97 Å². The van der Waals surface area contributed by atoms with E-state index in [2.05, 4.69) is 15.9 Å². The van der Waals surface area contributed by atoms with E-state index in [9.17, 15) is 14.9 Å². The maximum Gasteiger partial charge on any atom is 0.339 e. The number of hydrogen-bond donors (Lipinski definition) is 0. The van der Waals surface area contributed by atoms with Crippen LogP contribution in [0.4, 0.5) is 5.69 Å². The molecule has 21 heavy (non-hydrogen) atoms. The molecule has 6 heteroatoms. The predicted molar refractivity (Wildman–Crippen MR) is 79.4 cm³/mol. The molecule has 0 radical (unpaired) electrons. The van der Waals surface area contributed by atoms with Crippen LogP contribution in [0.25, 0.3) is 0 Å². The summed E-state index contributed by atoms with van der Waals surface area (Å²) in [7, 11) is 0. The minimum Gasteiger partial charge on any atom is -0.452 e. The van der Waals surface area contributed by atoms with Crippen LogP contribution < -0.4 is 0 Å². The average molecular weight is 348 g/mol. The Morgan fingerprint density at radius 2 is 1.90 bits per heavy atom. The van der Waals surface area contributed by atoms with Crippen molar-refractivity contribution in [2.75, 3.05) is 0 Å². The Kier molecular flexibility index (Phi) is 3.47. The van der Waals surface area contributed by atoms with Crippen LogP contribution in [0.1, 0.15) is 32.4 Å². The summed E-state index contributed by atoms with van der Waals surface area (Å²) in [5.74, 6) is -0.419. The fourth-order valence-electron chi connectivity index (χ4n) is 2.38. The molecule has 0 bridgehead atoms. The maximum absolute atomic E-state index is 12.1. The summed E-state index contributed by atoms with van der Waals surface area (Å²) >= 11 is 3.53. The first-order chi connectivity index (χ1) is 10.1. The Labute approximate surface area is 128 Å². The third-order valence-corrected chi connectivity index (χ3v) is 4.36. The molecular weight excluding hydrogens is 338 g/mol. The molecule has 0 unspecified atom stereocenters. The van der Waals surface area contributed by atoms with E-state index >= 15 is 0 Å². The van der Waals surface area contributed by atoms with E-state index in [-0.39, 0.29) is 10.5 Å². The monoisotopic (exact) mass is 347 g/mol. The summed E-state index contributed by atoms with van der Waals surface area (Å²) < 4.78 is 5.44. The SMILES string of the molecule is O=C1O[C@@H](c2cccc([N+](=O)[O-])c2)[C@H](Br)c2ccccc21. The maximum atomic E-state index is 12.1. The molecular formula is C15H10BrNO4. The molecule has 0 spiro atoms. The molecule has 0 aliphatic carbocycles. The smallest absolute Gasteiger partial charge is 0.339 e. The Morgan fingerprint density at radius 1 is 1.14 bits per heavy atom. The van der Waals surface area contributed by atoms with Gasteiger partial charge in [0.05, 0.1) is 15.3 Å². The lowest BCUT2D eigenvalue weighted by Crippen LogP contribution is -2.23. The molecule has 3 rings (SSSR count). The minimum absolute atomic E-state index is 0.0258. The van der Waals surface area contributed by atoms with Gasteiger partial charge in [0.25, 0.3) is 5.69 Å². The second-order valence-corrected chi connectivity index (χ2v) is 5.65. The topological polar surface area (TPSA) is 69.4 Å². The van der Waals surface area contributed by atoms with Gasteiger partial charge in [0, 0.05) is 17.7 Å². The summed E-state index contributed by atoms with van der Waals surface area (Å²) in [5.41, 5.74) is 1.90. The number of nitro benzene ring substituents is 1. The van der Waals surface area contributed by atoms with Crippen LogP contribution in [-0.4, -0.2) is 10.9 Å². The van der Waals surface area contributed by atoms with Gasteiger partial charge in [-0.3, -0.25) is 10.1 Å². The van der Waals surface area contributed by atoms with E-state index in [0.717, 1.165) is 5.56 Å². The number of benzene rings is 2. The number of halogens is 1. The number of nitrogens with zero attached hydrogens (tertiary/aromatic N) is 1. The molecule has 2 aromatic carbocycles. The zero-order chi connectivity index (χ0) is 15.0. The quantitative estimate of drug-likeness (QED) is 0.357. The van der Waals surface area contributed by atoms with E-state index in [4.69, 9.17) is 4.74 Å². The highest BCUT2D eigenvalue weighted by atomic mass is 79.9. The van der Waals surface area contributed by atoms with Gasteiger partial charge in [-0.05, 0) is 11.6 Å². The Bertz CT molecular complexity index is 731. The highest BCUT2D eigenvalue weighted by Crippen LogP contribution is 2.44. The molecule has 2 atom stereocenters. The summed E-state index contributed by atoms with van der Waals surface area (Å²) in [5, 5.41) is 10.9. The Hall–Kier alpha value is -2.21. The van der Waals surface area contributed by atoms with E-state index in [1.165, 1.54) is 12.1 Å². The van der Waals surface area contributed by atoms with E-state index < -0.39 is 17.0 Å². The van der Waals surface area contributed by atoms with Crippen LogP contribution in [-0.2, 0) is 4.74 Å². The Balaban J connectivity index is 2.03. The second kappa shape index (κ2) is 5.29. The number of ether oxygens (including phenoxy) is 1. The van der Waals surface area contributed by atoms with Gasteiger partial charge in [0.1, 0.15) is 6.10 Å². The first kappa shape index (κ1) is 13.8. The lowest BCUT2D eigenvalue weighted by molar-refractivity contribution is -0.385. The van der Waals surface area contributed by atoms with Gasteiger partial charge in [0.2, 0.25) is 0 Å². The van der Waals surface area contributed by atoms with Gasteiger partial charge in [-0.2, -0.15) is 0 Å². The zero-order valence-corrected chi connectivity index (χ0v) is 12.3. The van der Waals surface area contributed by atoms with Gasteiger partial charge < -0.3 is 4.74 Å². The van der Waals surface area contributed by atoms with Crippen molar-refractivity contribution in [2.45, 2.75) is 10.9 Å². The number of rotatable bonds is 2. The number of carbonyl (C=O) groups is 1. The van der Waals surface area contributed by atoms with Gasteiger partial charge in [-0.1, -0.05) is 46.3 Å². The molecule has 1 aliphatic rings. The van der Waals surface area contributed by atoms with Gasteiger partial charge in [0.15, 0.2) is 0 Å². The highest BCUT2D eigenvalue weighted by Gasteiger charge is 2.35. The van der Waals surface area contributed by atoms with Gasteiger partial charge in [-0.25, -0.2) is 4.79 Å². The van der Waals surface area contributed by atoms with Crippen molar-refractivity contribution in [1.29, 1.82) is 0 Å². The highest BCUT2D eigenvalue weighted by molar-refractivity contribution is 9.09. The van der Waals surface area contributed by atoms with Crippen molar-refractivity contribution < 1.29 is 14.5 Å². The van der Waals surface area contributed by atoms with Crippen molar-refractivity contribution in [3.63, 3.8) is 0 Å². The minimum atomic E-state index is -0.590. The summed E-state index contributed by atoms with van der Waals surface area (Å²) in [4.78, 5) is 22.2. The van der Waals surface area contributed by atoms with E-state index in [1.54, 1.807) is 24.3 Å². The molecule has 0 fully saturated rings. The average Bonchev–Trinajstić information content (AvgIpc) is 2.51. The second-order valence-electron chi connectivity index (χ2n) is 4.67. The normalized spacial score (nSPS) is 20.5. The standard InChI is InChI=1S/C15H10BrNO4/c16-13-11-6-1-2-7-12(11)15(18)21-14(13)9-4-3-5-10(8-9)17(19)20/h1-8,13-14H/t13-,14+/m1/s1. The fraction of sp³-hybridized carbons (Fsp3) is 0.133. The molecule has 1 aliphatic heterocycles. The lowest BCUT2D eigenvalue weighted by atomic mass is 9.94. The van der Waals surface area contributed by atoms with Crippen LogP contribution in [0.3, 0.4) is 0 Å². The van der Waals surface area contributed by atoms with Crippen LogP contribution in [0.2, 0.25) is 0 Å². The molecule has 0 saturated carbocycles. The van der Waals surface area contributed by atoms with Crippen molar-refractivity contribution >= 4 is 27.6 Å². The molecule has 1 heterocycles. The van der Waals surface area contributed by atoms with Crippen molar-refractivity contribution in [2.24, 2.45) is 0 Å². The lowest BCUT2D eigenvalue weighted by Gasteiger charge is -2.29. The molecule has 2 aromatic rings. The summed E-state index contributed by atoms with van der Waals surface area (Å²) in [6.07, 6.45) is -0.590. The molecule has 0 N–H and O–H groups in total. The number of alkyl halides is 1. The molecule has 0 aromatic heterocycles. The number of non-ortho nitro benzene ring substituents is 1.